The van der Waals surface area contributed by atoms with Crippen LogP contribution in [-0.4, -0.2) is 79.0 Å². The van der Waals surface area contributed by atoms with Gasteiger partial charge in [0.2, 0.25) is 11.8 Å². The number of hydrogen-bond acceptors (Lipinski definition) is 5. The minimum Gasteiger partial charge on any atom is -0.347 e. The van der Waals surface area contributed by atoms with Gasteiger partial charge in [0.15, 0.2) is 0 Å². The van der Waals surface area contributed by atoms with Gasteiger partial charge in [0.1, 0.15) is 6.04 Å². The van der Waals surface area contributed by atoms with Gasteiger partial charge in [-0.25, -0.2) is 0 Å². The second kappa shape index (κ2) is 10.4. The lowest BCUT2D eigenvalue weighted by Gasteiger charge is -2.39. The molecular formula is C26H36ClN5O2. The Hall–Kier alpha value is -2.48. The predicted octanol–water partition coefficient (Wildman–Crippen LogP) is 2.47. The van der Waals surface area contributed by atoms with Crippen LogP contribution in [0.1, 0.15) is 37.6 Å². The van der Waals surface area contributed by atoms with Crippen LogP contribution in [0.2, 0.25) is 0 Å². The highest BCUT2D eigenvalue weighted by Gasteiger charge is 2.40. The number of piperazine rings is 1. The van der Waals surface area contributed by atoms with E-state index in [-0.39, 0.29) is 48.3 Å². The summed E-state index contributed by atoms with van der Waals surface area (Å²) in [6.45, 7) is 8.46. The van der Waals surface area contributed by atoms with E-state index in [1.807, 2.05) is 34.2 Å². The molecule has 184 valence electrons. The van der Waals surface area contributed by atoms with Crippen LogP contribution < -0.4 is 10.2 Å². The van der Waals surface area contributed by atoms with Crippen LogP contribution in [0, 0.1) is 0 Å². The Morgan fingerprint density at radius 1 is 1.21 bits per heavy atom. The third kappa shape index (κ3) is 5.43. The van der Waals surface area contributed by atoms with Crippen molar-refractivity contribution in [2.45, 2.75) is 44.7 Å². The number of rotatable bonds is 5. The third-order valence-corrected chi connectivity index (χ3v) is 6.71. The first-order valence-corrected chi connectivity index (χ1v) is 11.7. The van der Waals surface area contributed by atoms with Crippen LogP contribution in [-0.2, 0) is 21.4 Å². The van der Waals surface area contributed by atoms with Crippen molar-refractivity contribution in [3.05, 3.63) is 59.4 Å². The number of likely N-dealkylation sites (N-methyl/N-ethyl adjacent to an activating group) is 1. The van der Waals surface area contributed by atoms with E-state index in [2.05, 4.69) is 44.3 Å². The fraction of sp³-hybridized carbons (Fsp3) is 0.500. The van der Waals surface area contributed by atoms with E-state index in [4.69, 9.17) is 4.98 Å². The Labute approximate surface area is 208 Å². The molecule has 8 heteroatoms. The van der Waals surface area contributed by atoms with Crippen molar-refractivity contribution in [3.8, 4) is 0 Å². The Kier molecular flexibility index (Phi) is 8.01. The number of pyridine rings is 1. The van der Waals surface area contributed by atoms with Gasteiger partial charge in [-0.05, 0) is 18.6 Å². The number of carbonyl (C=O) groups is 2. The lowest BCUT2D eigenvalue weighted by Crippen LogP contribution is -2.62. The lowest BCUT2D eigenvalue weighted by molar-refractivity contribution is -0.136. The van der Waals surface area contributed by atoms with Gasteiger partial charge in [0.25, 0.3) is 0 Å². The molecule has 1 aromatic heterocycles. The zero-order chi connectivity index (χ0) is 23.8. The van der Waals surface area contributed by atoms with Gasteiger partial charge in [-0.3, -0.25) is 19.5 Å². The largest absolute Gasteiger partial charge is 0.347 e. The third-order valence-electron chi connectivity index (χ3n) is 6.71. The number of nitrogens with one attached hydrogen (secondary N) is 1. The number of anilines is 1. The second-order valence-electron chi connectivity index (χ2n) is 10.2. The normalized spacial score (nSPS) is 21.5. The molecule has 1 saturated heterocycles. The summed E-state index contributed by atoms with van der Waals surface area (Å²) in [7, 11) is 3.53. The summed E-state index contributed by atoms with van der Waals surface area (Å²) in [6, 6.07) is 12.2. The predicted molar refractivity (Wildman–Crippen MR) is 138 cm³/mol. The van der Waals surface area contributed by atoms with Crippen LogP contribution in [0.25, 0.3) is 0 Å². The maximum Gasteiger partial charge on any atom is 0.241 e. The van der Waals surface area contributed by atoms with Gasteiger partial charge in [0.05, 0.1) is 12.2 Å². The monoisotopic (exact) mass is 485 g/mol. The summed E-state index contributed by atoms with van der Waals surface area (Å²) >= 11 is 0. The molecule has 2 atom stereocenters. The van der Waals surface area contributed by atoms with Crippen molar-refractivity contribution in [2.75, 3.05) is 45.2 Å². The highest BCUT2D eigenvalue weighted by molar-refractivity contribution is 5.98. The fourth-order valence-electron chi connectivity index (χ4n) is 4.88. The molecule has 1 fully saturated rings. The molecule has 7 nitrogen and oxygen atoms in total. The van der Waals surface area contributed by atoms with Crippen LogP contribution in [0.15, 0.2) is 42.6 Å². The van der Waals surface area contributed by atoms with Crippen molar-refractivity contribution in [3.63, 3.8) is 0 Å². The highest BCUT2D eigenvalue weighted by atomic mass is 35.5. The van der Waals surface area contributed by atoms with Gasteiger partial charge < -0.3 is 15.1 Å². The van der Waals surface area contributed by atoms with E-state index in [1.54, 1.807) is 19.0 Å². The lowest BCUT2D eigenvalue weighted by atomic mass is 9.88. The van der Waals surface area contributed by atoms with Crippen LogP contribution in [0.4, 0.5) is 5.69 Å². The summed E-state index contributed by atoms with van der Waals surface area (Å²) in [5.41, 5.74) is 4.03. The standard InChI is InChI=1S/C26H35N5O2.ClH/c1-18-15-30(23(14-27-18)25(33)29(4)5)16-24(32)31-17-26(2,3)21-13-28-20(12-22(21)31)11-19-9-7-6-8-10-19;/h6-10,12-13,18,23,27H,11,14-17H2,1-5H3;1H/t18-,23-;/m1./s1. The second-order valence-corrected chi connectivity index (χ2v) is 10.2. The molecule has 2 aliphatic rings. The average molecular weight is 486 g/mol. The molecule has 1 aromatic carbocycles. The van der Waals surface area contributed by atoms with E-state index in [9.17, 15) is 9.59 Å². The van der Waals surface area contributed by atoms with Gasteiger partial charge in [-0.2, -0.15) is 0 Å². The smallest absolute Gasteiger partial charge is 0.241 e. The number of nitrogens with zero attached hydrogens (tertiary/aromatic N) is 4. The van der Waals surface area contributed by atoms with Crippen molar-refractivity contribution >= 4 is 29.9 Å². The molecular weight excluding hydrogens is 450 g/mol. The molecule has 2 amide bonds. The summed E-state index contributed by atoms with van der Waals surface area (Å²) in [4.78, 5) is 36.6. The quantitative estimate of drug-likeness (QED) is 0.704. The number of benzene rings is 1. The Morgan fingerprint density at radius 2 is 1.91 bits per heavy atom. The van der Waals surface area contributed by atoms with E-state index < -0.39 is 0 Å². The van der Waals surface area contributed by atoms with Crippen molar-refractivity contribution in [1.29, 1.82) is 0 Å². The topological polar surface area (TPSA) is 68.8 Å². The number of hydrogen-bond donors (Lipinski definition) is 1. The molecule has 2 aliphatic heterocycles. The van der Waals surface area contributed by atoms with E-state index in [0.29, 0.717) is 19.6 Å². The molecule has 4 rings (SSSR count). The molecule has 0 aliphatic carbocycles. The first-order valence-electron chi connectivity index (χ1n) is 11.7. The number of aromatic nitrogens is 1. The summed E-state index contributed by atoms with van der Waals surface area (Å²) < 4.78 is 0. The summed E-state index contributed by atoms with van der Waals surface area (Å²) in [5, 5.41) is 3.38. The van der Waals surface area contributed by atoms with Crippen LogP contribution in [0.5, 0.6) is 0 Å². The van der Waals surface area contributed by atoms with Gasteiger partial charge in [-0.15, -0.1) is 12.4 Å². The number of carbonyl (C=O) groups excluding carboxylic acids is 2. The van der Waals surface area contributed by atoms with E-state index >= 15 is 0 Å². The van der Waals surface area contributed by atoms with E-state index in [0.717, 1.165) is 23.4 Å². The highest BCUT2D eigenvalue weighted by Crippen LogP contribution is 2.40. The van der Waals surface area contributed by atoms with Crippen molar-refractivity contribution in [2.24, 2.45) is 0 Å². The molecule has 0 unspecified atom stereocenters. The molecule has 2 aromatic rings. The molecule has 34 heavy (non-hydrogen) atoms. The Bertz CT molecular complexity index is 1030. The minimum absolute atomic E-state index is 0. The fourth-order valence-corrected chi connectivity index (χ4v) is 4.88. The zero-order valence-electron chi connectivity index (χ0n) is 20.7. The molecule has 3 heterocycles. The van der Waals surface area contributed by atoms with Crippen LogP contribution in [0.3, 0.4) is 0 Å². The number of fused-ring (bicyclic) bond motifs is 1. The van der Waals surface area contributed by atoms with Gasteiger partial charge in [-0.1, -0.05) is 44.2 Å². The van der Waals surface area contributed by atoms with Gasteiger partial charge in [0, 0.05) is 69.1 Å². The van der Waals surface area contributed by atoms with E-state index in [1.165, 1.54) is 5.56 Å². The first-order chi connectivity index (χ1) is 15.7. The maximum atomic E-state index is 13.6. The van der Waals surface area contributed by atoms with Crippen molar-refractivity contribution < 1.29 is 9.59 Å². The van der Waals surface area contributed by atoms with Crippen LogP contribution >= 0.6 is 12.4 Å². The Balaban J connectivity index is 0.00000324. The van der Waals surface area contributed by atoms with Gasteiger partial charge >= 0.3 is 0 Å². The molecule has 0 bridgehead atoms. The summed E-state index contributed by atoms with van der Waals surface area (Å²) in [5.74, 6) is 0.0584. The number of halogens is 1. The zero-order valence-corrected chi connectivity index (χ0v) is 21.6. The number of amides is 2. The minimum atomic E-state index is -0.332. The molecule has 1 N–H and O–H groups in total. The SMILES string of the molecule is C[C@@H]1CN(CC(=O)N2CC(C)(C)c3cnc(Cc4ccccc4)cc32)[C@@H](C(=O)N(C)C)CN1.Cl. The molecule has 0 spiro atoms. The molecule has 0 saturated carbocycles. The average Bonchev–Trinajstić information content (AvgIpc) is 3.04. The Morgan fingerprint density at radius 3 is 2.59 bits per heavy atom. The maximum absolute atomic E-state index is 13.6. The first kappa shape index (κ1) is 26.1. The molecule has 0 radical (unpaired) electrons. The summed E-state index contributed by atoms with van der Waals surface area (Å²) in [6.07, 6.45) is 2.66. The van der Waals surface area contributed by atoms with Crippen molar-refractivity contribution in [1.82, 2.24) is 20.1 Å².